The van der Waals surface area contributed by atoms with E-state index in [0.29, 0.717) is 5.92 Å². The van der Waals surface area contributed by atoms with Crippen LogP contribution in [0.2, 0.25) is 0 Å². The molecule has 0 radical (unpaired) electrons. The van der Waals surface area contributed by atoms with E-state index in [9.17, 15) is 5.11 Å². The van der Waals surface area contributed by atoms with Crippen LogP contribution in [-0.4, -0.2) is 24.4 Å². The SMILES string of the molecule is COC(C)CC(O)C1CCCCC1. The Hall–Kier alpha value is -0.0800. The van der Waals surface area contributed by atoms with Crippen LogP contribution in [0.5, 0.6) is 0 Å². The predicted molar refractivity (Wildman–Crippen MR) is 53.7 cm³/mol. The first-order chi connectivity index (χ1) is 6.24. The molecule has 0 aromatic heterocycles. The van der Waals surface area contributed by atoms with E-state index < -0.39 is 0 Å². The number of methoxy groups -OCH3 is 1. The van der Waals surface area contributed by atoms with E-state index in [1.165, 1.54) is 32.1 Å². The fourth-order valence-corrected chi connectivity index (χ4v) is 2.15. The first-order valence-electron chi connectivity index (χ1n) is 5.45. The number of ether oxygens (including phenoxy) is 1. The van der Waals surface area contributed by atoms with Crippen molar-refractivity contribution < 1.29 is 9.84 Å². The van der Waals surface area contributed by atoms with Gasteiger partial charge in [0, 0.05) is 7.11 Å². The van der Waals surface area contributed by atoms with Crippen LogP contribution in [0.4, 0.5) is 0 Å². The van der Waals surface area contributed by atoms with Gasteiger partial charge in [-0.3, -0.25) is 0 Å². The van der Waals surface area contributed by atoms with Crippen LogP contribution < -0.4 is 0 Å². The zero-order chi connectivity index (χ0) is 9.68. The van der Waals surface area contributed by atoms with Crippen molar-refractivity contribution in [1.82, 2.24) is 0 Å². The predicted octanol–water partition coefficient (Wildman–Crippen LogP) is 2.35. The van der Waals surface area contributed by atoms with Crippen molar-refractivity contribution in [2.45, 2.75) is 57.7 Å². The second-order valence-corrected chi connectivity index (χ2v) is 4.25. The lowest BCUT2D eigenvalue weighted by Crippen LogP contribution is -2.27. The van der Waals surface area contributed by atoms with Gasteiger partial charge in [0.25, 0.3) is 0 Å². The van der Waals surface area contributed by atoms with Crippen LogP contribution in [0.15, 0.2) is 0 Å². The summed E-state index contributed by atoms with van der Waals surface area (Å²) in [6, 6.07) is 0. The summed E-state index contributed by atoms with van der Waals surface area (Å²) in [7, 11) is 1.71. The van der Waals surface area contributed by atoms with E-state index in [4.69, 9.17) is 4.74 Å². The lowest BCUT2D eigenvalue weighted by molar-refractivity contribution is 0.0187. The Labute approximate surface area is 81.3 Å². The van der Waals surface area contributed by atoms with Crippen molar-refractivity contribution >= 4 is 0 Å². The van der Waals surface area contributed by atoms with Gasteiger partial charge in [-0.25, -0.2) is 0 Å². The van der Waals surface area contributed by atoms with Crippen LogP contribution in [0.1, 0.15) is 45.4 Å². The Morgan fingerprint density at radius 1 is 1.31 bits per heavy atom. The molecule has 0 aromatic carbocycles. The summed E-state index contributed by atoms with van der Waals surface area (Å²) < 4.78 is 5.15. The van der Waals surface area contributed by atoms with Gasteiger partial charge in [-0.2, -0.15) is 0 Å². The smallest absolute Gasteiger partial charge is 0.0593 e. The minimum atomic E-state index is -0.143. The Kier molecular flexibility index (Phi) is 4.74. The molecule has 2 heteroatoms. The minimum Gasteiger partial charge on any atom is -0.393 e. The Morgan fingerprint density at radius 3 is 2.46 bits per heavy atom. The molecule has 1 aliphatic rings. The van der Waals surface area contributed by atoms with E-state index in [1.54, 1.807) is 7.11 Å². The molecule has 0 spiro atoms. The lowest BCUT2D eigenvalue weighted by atomic mass is 9.83. The number of rotatable bonds is 4. The molecule has 0 aromatic rings. The van der Waals surface area contributed by atoms with Crippen LogP contribution in [0.3, 0.4) is 0 Å². The summed E-state index contributed by atoms with van der Waals surface area (Å²) >= 11 is 0. The highest BCUT2D eigenvalue weighted by Gasteiger charge is 2.22. The molecule has 1 rings (SSSR count). The van der Waals surface area contributed by atoms with Crippen molar-refractivity contribution in [1.29, 1.82) is 0 Å². The molecule has 0 saturated heterocycles. The zero-order valence-corrected chi connectivity index (χ0v) is 8.83. The van der Waals surface area contributed by atoms with Gasteiger partial charge in [0.05, 0.1) is 12.2 Å². The Balaban J connectivity index is 2.24. The van der Waals surface area contributed by atoms with Gasteiger partial charge in [-0.1, -0.05) is 19.3 Å². The number of aliphatic hydroxyl groups excluding tert-OH is 1. The van der Waals surface area contributed by atoms with Gasteiger partial charge in [-0.15, -0.1) is 0 Å². The second kappa shape index (κ2) is 5.61. The molecule has 2 unspecified atom stereocenters. The molecule has 13 heavy (non-hydrogen) atoms. The van der Waals surface area contributed by atoms with Gasteiger partial charge in [0.1, 0.15) is 0 Å². The topological polar surface area (TPSA) is 29.5 Å². The summed E-state index contributed by atoms with van der Waals surface area (Å²) in [6.07, 6.45) is 7.19. The van der Waals surface area contributed by atoms with Crippen molar-refractivity contribution in [3.8, 4) is 0 Å². The summed E-state index contributed by atoms with van der Waals surface area (Å²) in [4.78, 5) is 0. The van der Waals surface area contributed by atoms with Gasteiger partial charge in [-0.05, 0) is 32.1 Å². The normalized spacial score (nSPS) is 24.2. The van der Waals surface area contributed by atoms with E-state index in [1.807, 2.05) is 6.92 Å². The van der Waals surface area contributed by atoms with E-state index in [0.717, 1.165) is 6.42 Å². The monoisotopic (exact) mass is 186 g/mol. The zero-order valence-electron chi connectivity index (χ0n) is 8.83. The van der Waals surface area contributed by atoms with Gasteiger partial charge >= 0.3 is 0 Å². The fraction of sp³-hybridized carbons (Fsp3) is 1.00. The number of hydrogen-bond donors (Lipinski definition) is 1. The molecular weight excluding hydrogens is 164 g/mol. The largest absolute Gasteiger partial charge is 0.393 e. The molecule has 1 N–H and O–H groups in total. The maximum Gasteiger partial charge on any atom is 0.0593 e. The molecule has 0 bridgehead atoms. The summed E-state index contributed by atoms with van der Waals surface area (Å²) in [5.74, 6) is 0.534. The van der Waals surface area contributed by atoms with Crippen LogP contribution in [-0.2, 0) is 4.74 Å². The first kappa shape index (κ1) is 11.0. The minimum absolute atomic E-state index is 0.143. The van der Waals surface area contributed by atoms with E-state index >= 15 is 0 Å². The fourth-order valence-electron chi connectivity index (χ4n) is 2.15. The lowest BCUT2D eigenvalue weighted by Gasteiger charge is -2.27. The summed E-state index contributed by atoms with van der Waals surface area (Å²) in [5, 5.41) is 9.90. The quantitative estimate of drug-likeness (QED) is 0.730. The average molecular weight is 186 g/mol. The first-order valence-corrected chi connectivity index (χ1v) is 5.45. The standard InChI is InChI=1S/C11H22O2/c1-9(13-2)8-11(12)10-6-4-3-5-7-10/h9-12H,3-8H2,1-2H3. The molecule has 0 amide bonds. The van der Waals surface area contributed by atoms with Crippen molar-refractivity contribution in [3.63, 3.8) is 0 Å². The molecule has 1 fully saturated rings. The maximum absolute atomic E-state index is 9.90. The molecule has 1 aliphatic carbocycles. The van der Waals surface area contributed by atoms with E-state index in [-0.39, 0.29) is 12.2 Å². The van der Waals surface area contributed by atoms with Crippen molar-refractivity contribution in [2.24, 2.45) is 5.92 Å². The van der Waals surface area contributed by atoms with E-state index in [2.05, 4.69) is 0 Å². The third kappa shape index (κ3) is 3.65. The van der Waals surface area contributed by atoms with Gasteiger partial charge in [0.2, 0.25) is 0 Å². The number of hydrogen-bond acceptors (Lipinski definition) is 2. The highest BCUT2D eigenvalue weighted by molar-refractivity contribution is 4.74. The second-order valence-electron chi connectivity index (χ2n) is 4.25. The molecule has 0 heterocycles. The molecule has 1 saturated carbocycles. The molecule has 2 atom stereocenters. The highest BCUT2D eigenvalue weighted by atomic mass is 16.5. The van der Waals surface area contributed by atoms with Crippen LogP contribution >= 0.6 is 0 Å². The summed E-state index contributed by atoms with van der Waals surface area (Å²) in [6.45, 7) is 2.02. The third-order valence-corrected chi connectivity index (χ3v) is 3.17. The van der Waals surface area contributed by atoms with Crippen LogP contribution in [0, 0.1) is 5.92 Å². The summed E-state index contributed by atoms with van der Waals surface area (Å²) in [5.41, 5.74) is 0. The number of aliphatic hydroxyl groups is 1. The molecule has 0 aliphatic heterocycles. The Bertz CT molecular complexity index is 130. The highest BCUT2D eigenvalue weighted by Crippen LogP contribution is 2.28. The third-order valence-electron chi connectivity index (χ3n) is 3.17. The van der Waals surface area contributed by atoms with Crippen molar-refractivity contribution in [2.75, 3.05) is 7.11 Å². The molecule has 78 valence electrons. The Morgan fingerprint density at radius 2 is 1.92 bits per heavy atom. The van der Waals surface area contributed by atoms with Gasteiger partial charge < -0.3 is 9.84 Å². The van der Waals surface area contributed by atoms with Crippen LogP contribution in [0.25, 0.3) is 0 Å². The van der Waals surface area contributed by atoms with Crippen molar-refractivity contribution in [3.05, 3.63) is 0 Å². The molecular formula is C11H22O2. The maximum atomic E-state index is 9.90. The van der Waals surface area contributed by atoms with Gasteiger partial charge in [0.15, 0.2) is 0 Å². The average Bonchev–Trinajstić information content (AvgIpc) is 2.19. The molecule has 2 nitrogen and oxygen atoms in total.